The van der Waals surface area contributed by atoms with Gasteiger partial charge in [-0.2, -0.15) is 10.5 Å². The van der Waals surface area contributed by atoms with E-state index in [0.29, 0.717) is 0 Å². The molecule has 0 rings (SSSR count). The van der Waals surface area contributed by atoms with Gasteiger partial charge in [0, 0.05) is 6.26 Å². The summed E-state index contributed by atoms with van der Waals surface area (Å²) in [6.07, 6.45) is 3.38. The fourth-order valence-corrected chi connectivity index (χ4v) is 1.76. The van der Waals surface area contributed by atoms with E-state index in [1.54, 1.807) is 12.5 Å². The van der Waals surface area contributed by atoms with Crippen LogP contribution >= 0.6 is 23.8 Å². The zero-order valence-corrected chi connectivity index (χ0v) is 8.46. The highest BCUT2D eigenvalue weighted by Crippen LogP contribution is 2.33. The molecule has 5 heteroatoms. The molecule has 0 aliphatic heterocycles. The van der Waals surface area contributed by atoms with E-state index in [0.717, 1.165) is 23.8 Å². The first kappa shape index (κ1) is 11.4. The highest BCUT2D eigenvalue weighted by molar-refractivity contribution is 8.01. The fraction of sp³-hybridized carbons (Fsp3) is 0.429. The number of rotatable bonds is 4. The smallest absolute Gasteiger partial charge is 0.247 e. The predicted octanol–water partition coefficient (Wildman–Crippen LogP) is 1.94. The molecule has 0 radical (unpaired) electrons. The van der Waals surface area contributed by atoms with Gasteiger partial charge in [0.2, 0.25) is 4.93 Å². The molecule has 0 fully saturated rings. The zero-order chi connectivity index (χ0) is 9.61. The van der Waals surface area contributed by atoms with Crippen LogP contribution in [-0.2, 0) is 4.18 Å². The summed E-state index contributed by atoms with van der Waals surface area (Å²) in [6.45, 7) is 3.46. The van der Waals surface area contributed by atoms with Gasteiger partial charge in [0.1, 0.15) is 6.07 Å². The molecule has 0 saturated carbocycles. The van der Waals surface area contributed by atoms with Gasteiger partial charge in [-0.3, -0.25) is 4.18 Å². The molecule has 0 heterocycles. The second-order valence-electron chi connectivity index (χ2n) is 1.77. The lowest BCUT2D eigenvalue weighted by Gasteiger charge is -2.20. The van der Waals surface area contributed by atoms with Gasteiger partial charge in [-0.15, -0.1) is 11.8 Å². The zero-order valence-electron chi connectivity index (χ0n) is 6.83. The number of hydrogen-bond acceptors (Lipinski definition) is 5. The Labute approximate surface area is 80.6 Å². The van der Waals surface area contributed by atoms with Crippen LogP contribution in [0.5, 0.6) is 0 Å². The van der Waals surface area contributed by atoms with Crippen LogP contribution in [0, 0.1) is 22.7 Å². The highest BCUT2D eigenvalue weighted by Gasteiger charge is 2.34. The van der Waals surface area contributed by atoms with Crippen molar-refractivity contribution in [2.75, 3.05) is 12.5 Å². The maximum absolute atomic E-state index is 8.79. The number of thioether (sulfide) groups is 1. The summed E-state index contributed by atoms with van der Waals surface area (Å²) in [6, 6.07) is 3.73. The molecule has 1 atom stereocenters. The molecule has 0 amide bonds. The van der Waals surface area contributed by atoms with Gasteiger partial charge in [-0.25, -0.2) is 0 Å². The van der Waals surface area contributed by atoms with Gasteiger partial charge >= 0.3 is 0 Å². The first-order valence-electron chi connectivity index (χ1n) is 2.94. The van der Waals surface area contributed by atoms with Crippen LogP contribution in [0.2, 0.25) is 0 Å². The summed E-state index contributed by atoms with van der Waals surface area (Å²) in [5.74, 6) is 0. The quantitative estimate of drug-likeness (QED) is 0.394. The van der Waals surface area contributed by atoms with Gasteiger partial charge in [-0.05, 0) is 18.3 Å². The normalized spacial score (nSPS) is 14.0. The molecule has 0 aliphatic rings. The molecule has 0 aromatic rings. The summed E-state index contributed by atoms with van der Waals surface area (Å²) < 4.78 is 5.08. The van der Waals surface area contributed by atoms with Gasteiger partial charge in [0.05, 0.1) is 11.6 Å². The van der Waals surface area contributed by atoms with E-state index in [2.05, 4.69) is 6.58 Å². The first-order valence-corrected chi connectivity index (χ1v) is 5.32. The number of hydrogen-bond donors (Lipinski definition) is 0. The molecular formula is C7H8N2OS2. The van der Waals surface area contributed by atoms with E-state index >= 15 is 0 Å². The summed E-state index contributed by atoms with van der Waals surface area (Å²) in [5.41, 5.74) is 0.117. The molecule has 64 valence electrons. The van der Waals surface area contributed by atoms with Crippen molar-refractivity contribution in [3.05, 3.63) is 12.2 Å². The van der Waals surface area contributed by atoms with E-state index in [1.807, 2.05) is 12.1 Å². The maximum atomic E-state index is 8.79. The minimum Gasteiger partial charge on any atom is -0.277 e. The third kappa shape index (κ3) is 2.18. The maximum Gasteiger partial charge on any atom is 0.247 e. The van der Waals surface area contributed by atoms with Crippen molar-refractivity contribution in [2.24, 2.45) is 0 Å². The van der Waals surface area contributed by atoms with Crippen molar-refractivity contribution in [1.82, 2.24) is 0 Å². The van der Waals surface area contributed by atoms with Crippen molar-refractivity contribution in [3.63, 3.8) is 0 Å². The molecular weight excluding hydrogens is 192 g/mol. The largest absolute Gasteiger partial charge is 0.277 e. The van der Waals surface area contributed by atoms with Crippen LogP contribution in [-0.4, -0.2) is 17.4 Å². The van der Waals surface area contributed by atoms with Gasteiger partial charge in [-0.1, -0.05) is 6.58 Å². The minimum atomic E-state index is -1.23. The minimum absolute atomic E-state index is 0.117. The second kappa shape index (κ2) is 5.10. The molecule has 0 bridgehead atoms. The molecule has 1 unspecified atom stereocenters. The Morgan fingerprint density at radius 2 is 2.08 bits per heavy atom. The Bertz CT molecular complexity index is 253. The van der Waals surface area contributed by atoms with Crippen molar-refractivity contribution in [2.45, 2.75) is 4.93 Å². The lowest BCUT2D eigenvalue weighted by Crippen LogP contribution is -2.25. The summed E-state index contributed by atoms with van der Waals surface area (Å²) >= 11 is 2.19. The molecule has 0 aromatic carbocycles. The Morgan fingerprint density at radius 1 is 1.50 bits per heavy atom. The summed E-state index contributed by atoms with van der Waals surface area (Å²) in [7, 11) is 0. The number of nitriles is 2. The predicted molar refractivity (Wildman–Crippen MR) is 51.2 cm³/mol. The Morgan fingerprint density at radius 3 is 2.33 bits per heavy atom. The first-order chi connectivity index (χ1) is 5.66. The Balaban J connectivity index is 4.75. The standard InChI is InChI=1S/C7H8N2OS2/c1-6(4-8)7(5-9,11-2)10-12-3/h1H2,2-3H3. The Kier molecular flexibility index (Phi) is 4.84. The monoisotopic (exact) mass is 200 g/mol. The van der Waals surface area contributed by atoms with Crippen molar-refractivity contribution in [3.8, 4) is 12.1 Å². The SMILES string of the molecule is C=C(C#N)C(C#N)(OSC)SC. The van der Waals surface area contributed by atoms with Crippen LogP contribution < -0.4 is 0 Å². The molecule has 3 nitrogen and oxygen atoms in total. The van der Waals surface area contributed by atoms with Gasteiger partial charge in [0.25, 0.3) is 0 Å². The van der Waals surface area contributed by atoms with Crippen LogP contribution in [0.1, 0.15) is 0 Å². The highest BCUT2D eigenvalue weighted by atomic mass is 32.2. The van der Waals surface area contributed by atoms with Crippen molar-refractivity contribution < 1.29 is 4.18 Å². The van der Waals surface area contributed by atoms with Crippen LogP contribution in [0.3, 0.4) is 0 Å². The third-order valence-corrected chi connectivity index (χ3v) is 2.69. The summed E-state index contributed by atoms with van der Waals surface area (Å²) in [4.78, 5) is -1.23. The lowest BCUT2D eigenvalue weighted by molar-refractivity contribution is 0.317. The van der Waals surface area contributed by atoms with Gasteiger partial charge in [0.15, 0.2) is 0 Å². The van der Waals surface area contributed by atoms with E-state index in [1.165, 1.54) is 0 Å². The molecule has 0 spiro atoms. The van der Waals surface area contributed by atoms with Crippen molar-refractivity contribution in [1.29, 1.82) is 10.5 Å². The van der Waals surface area contributed by atoms with E-state index in [9.17, 15) is 0 Å². The molecule has 12 heavy (non-hydrogen) atoms. The van der Waals surface area contributed by atoms with Crippen LogP contribution in [0.15, 0.2) is 12.2 Å². The lowest BCUT2D eigenvalue weighted by atomic mass is 10.2. The van der Waals surface area contributed by atoms with E-state index in [4.69, 9.17) is 14.7 Å². The second-order valence-corrected chi connectivity index (χ2v) is 3.26. The fourth-order valence-electron chi connectivity index (χ4n) is 0.530. The topological polar surface area (TPSA) is 56.8 Å². The molecule has 0 aliphatic carbocycles. The average molecular weight is 200 g/mol. The van der Waals surface area contributed by atoms with Crippen molar-refractivity contribution >= 4 is 23.8 Å². The molecule has 0 N–H and O–H groups in total. The third-order valence-electron chi connectivity index (χ3n) is 1.17. The number of nitrogens with zero attached hydrogens (tertiary/aromatic N) is 2. The Hall–Kier alpha value is -0.620. The van der Waals surface area contributed by atoms with Gasteiger partial charge < -0.3 is 0 Å². The molecule has 0 aromatic heterocycles. The van der Waals surface area contributed by atoms with Crippen LogP contribution in [0.25, 0.3) is 0 Å². The van der Waals surface area contributed by atoms with E-state index in [-0.39, 0.29) is 5.57 Å². The van der Waals surface area contributed by atoms with Crippen LogP contribution in [0.4, 0.5) is 0 Å². The summed E-state index contributed by atoms with van der Waals surface area (Å²) in [5, 5.41) is 17.3. The molecule has 0 saturated heterocycles. The van der Waals surface area contributed by atoms with E-state index < -0.39 is 4.93 Å². The average Bonchev–Trinajstić information content (AvgIpc) is 2.13.